The summed E-state index contributed by atoms with van der Waals surface area (Å²) in [5.41, 5.74) is 2.83. The Balaban J connectivity index is 1.40. The summed E-state index contributed by atoms with van der Waals surface area (Å²) in [6, 6.07) is 9.63. The van der Waals surface area contributed by atoms with Gasteiger partial charge in [-0.25, -0.2) is 0 Å². The second kappa shape index (κ2) is 5.75. The minimum absolute atomic E-state index is 0.662. The minimum atomic E-state index is 0.662. The van der Waals surface area contributed by atoms with Gasteiger partial charge in [-0.2, -0.15) is 0 Å². The van der Waals surface area contributed by atoms with Crippen LogP contribution >= 0.6 is 0 Å². The lowest BCUT2D eigenvalue weighted by Crippen LogP contribution is -2.41. The van der Waals surface area contributed by atoms with Crippen molar-refractivity contribution in [3.63, 3.8) is 0 Å². The highest BCUT2D eigenvalue weighted by atomic mass is 15.2. The SMILES string of the molecule is Cc1ccc(C2CC(NCCc3nncn3C)C2)cc1. The zero-order valence-electron chi connectivity index (χ0n) is 12.2. The van der Waals surface area contributed by atoms with Crippen molar-refractivity contribution in [1.82, 2.24) is 20.1 Å². The minimum Gasteiger partial charge on any atom is -0.321 e. The lowest BCUT2D eigenvalue weighted by atomic mass is 9.76. The van der Waals surface area contributed by atoms with Gasteiger partial charge < -0.3 is 9.88 Å². The summed E-state index contributed by atoms with van der Waals surface area (Å²) in [4.78, 5) is 0. The molecule has 106 valence electrons. The topological polar surface area (TPSA) is 42.7 Å². The molecule has 0 bridgehead atoms. The molecule has 0 radical (unpaired) electrons. The third-order valence-corrected chi connectivity index (χ3v) is 4.27. The molecule has 1 N–H and O–H groups in total. The summed E-state index contributed by atoms with van der Waals surface area (Å²) >= 11 is 0. The average Bonchev–Trinajstić information content (AvgIpc) is 2.79. The van der Waals surface area contributed by atoms with Gasteiger partial charge in [0.15, 0.2) is 0 Å². The van der Waals surface area contributed by atoms with Crippen molar-refractivity contribution in [3.8, 4) is 0 Å². The van der Waals surface area contributed by atoms with Gasteiger partial charge in [0, 0.05) is 26.1 Å². The molecule has 0 aliphatic heterocycles. The molecular formula is C16H22N4. The van der Waals surface area contributed by atoms with E-state index in [0.717, 1.165) is 24.7 Å². The van der Waals surface area contributed by atoms with Crippen molar-refractivity contribution in [3.05, 3.63) is 47.5 Å². The summed E-state index contributed by atoms with van der Waals surface area (Å²) in [5, 5.41) is 11.6. The molecule has 1 heterocycles. The smallest absolute Gasteiger partial charge is 0.133 e. The summed E-state index contributed by atoms with van der Waals surface area (Å²) < 4.78 is 1.98. The summed E-state index contributed by atoms with van der Waals surface area (Å²) in [6.07, 6.45) is 5.21. The van der Waals surface area contributed by atoms with Crippen LogP contribution in [0.2, 0.25) is 0 Å². The molecule has 3 rings (SSSR count). The van der Waals surface area contributed by atoms with Gasteiger partial charge in [0.05, 0.1) is 0 Å². The number of benzene rings is 1. The van der Waals surface area contributed by atoms with Gasteiger partial charge in [-0.3, -0.25) is 0 Å². The molecule has 0 unspecified atom stereocenters. The van der Waals surface area contributed by atoms with Crippen molar-refractivity contribution in [2.45, 2.75) is 38.1 Å². The average molecular weight is 270 g/mol. The maximum absolute atomic E-state index is 4.10. The summed E-state index contributed by atoms with van der Waals surface area (Å²) in [6.45, 7) is 3.12. The van der Waals surface area contributed by atoms with E-state index in [0.29, 0.717) is 6.04 Å². The quantitative estimate of drug-likeness (QED) is 0.905. The second-order valence-corrected chi connectivity index (χ2v) is 5.84. The molecule has 1 fully saturated rings. The van der Waals surface area contributed by atoms with Crippen LogP contribution in [0.4, 0.5) is 0 Å². The fourth-order valence-corrected chi connectivity index (χ4v) is 2.82. The van der Waals surface area contributed by atoms with E-state index in [2.05, 4.69) is 46.7 Å². The van der Waals surface area contributed by atoms with Gasteiger partial charge in [-0.15, -0.1) is 10.2 Å². The lowest BCUT2D eigenvalue weighted by molar-refractivity contribution is 0.292. The van der Waals surface area contributed by atoms with Crippen molar-refractivity contribution in [1.29, 1.82) is 0 Å². The zero-order valence-corrected chi connectivity index (χ0v) is 12.2. The molecule has 4 nitrogen and oxygen atoms in total. The zero-order chi connectivity index (χ0) is 13.9. The van der Waals surface area contributed by atoms with Gasteiger partial charge in [0.25, 0.3) is 0 Å². The molecule has 4 heteroatoms. The van der Waals surface area contributed by atoms with Crippen LogP contribution in [0.5, 0.6) is 0 Å². The molecule has 1 aliphatic rings. The Morgan fingerprint density at radius 3 is 2.65 bits per heavy atom. The predicted octanol–water partition coefficient (Wildman–Crippen LogP) is 2.20. The van der Waals surface area contributed by atoms with Crippen LogP contribution in [-0.4, -0.2) is 27.4 Å². The predicted molar refractivity (Wildman–Crippen MR) is 79.7 cm³/mol. The van der Waals surface area contributed by atoms with Crippen molar-refractivity contribution < 1.29 is 0 Å². The maximum atomic E-state index is 4.10. The van der Waals surface area contributed by atoms with Crippen LogP contribution in [-0.2, 0) is 13.5 Å². The van der Waals surface area contributed by atoms with Crippen molar-refractivity contribution >= 4 is 0 Å². The Morgan fingerprint density at radius 2 is 2.00 bits per heavy atom. The molecule has 2 aromatic rings. The van der Waals surface area contributed by atoms with E-state index >= 15 is 0 Å². The molecular weight excluding hydrogens is 248 g/mol. The molecule has 20 heavy (non-hydrogen) atoms. The van der Waals surface area contributed by atoms with E-state index in [-0.39, 0.29) is 0 Å². The van der Waals surface area contributed by atoms with Crippen molar-refractivity contribution in [2.24, 2.45) is 7.05 Å². The third-order valence-electron chi connectivity index (χ3n) is 4.27. The number of aryl methyl sites for hydroxylation is 2. The molecule has 1 aliphatic carbocycles. The van der Waals surface area contributed by atoms with Crippen molar-refractivity contribution in [2.75, 3.05) is 6.54 Å². The van der Waals surface area contributed by atoms with E-state index in [4.69, 9.17) is 0 Å². The molecule has 1 aromatic carbocycles. The largest absolute Gasteiger partial charge is 0.321 e. The van der Waals surface area contributed by atoms with E-state index in [1.165, 1.54) is 24.0 Å². The third kappa shape index (κ3) is 2.90. The number of hydrogen-bond donors (Lipinski definition) is 1. The van der Waals surface area contributed by atoms with Gasteiger partial charge >= 0.3 is 0 Å². The number of nitrogens with zero attached hydrogens (tertiary/aromatic N) is 3. The van der Waals surface area contributed by atoms with Crippen LogP contribution in [0.15, 0.2) is 30.6 Å². The van der Waals surface area contributed by atoms with Crippen LogP contribution in [0, 0.1) is 6.92 Å². The van der Waals surface area contributed by atoms with Crippen LogP contribution in [0.3, 0.4) is 0 Å². The first-order valence-electron chi connectivity index (χ1n) is 7.35. The molecule has 0 saturated heterocycles. The summed E-state index contributed by atoms with van der Waals surface area (Å²) in [5.74, 6) is 1.79. The number of hydrogen-bond acceptors (Lipinski definition) is 3. The van der Waals surface area contributed by atoms with E-state index in [1.54, 1.807) is 6.33 Å². The Labute approximate surface area is 120 Å². The Kier molecular flexibility index (Phi) is 3.83. The van der Waals surface area contributed by atoms with Crippen LogP contribution < -0.4 is 5.32 Å². The standard InChI is InChI=1S/C16H22N4/c1-12-3-5-13(6-4-12)14-9-15(10-14)17-8-7-16-19-18-11-20(16)2/h3-6,11,14-15,17H,7-10H2,1-2H3. The summed E-state index contributed by atoms with van der Waals surface area (Å²) in [7, 11) is 1.99. The first-order chi connectivity index (χ1) is 9.72. The van der Waals surface area contributed by atoms with E-state index < -0.39 is 0 Å². The lowest BCUT2D eigenvalue weighted by Gasteiger charge is -2.36. The fourth-order valence-electron chi connectivity index (χ4n) is 2.82. The van der Waals surface area contributed by atoms with Crippen LogP contribution in [0.1, 0.15) is 35.7 Å². The van der Waals surface area contributed by atoms with E-state index in [1.807, 2.05) is 11.6 Å². The highest BCUT2D eigenvalue weighted by molar-refractivity contribution is 5.26. The number of nitrogens with one attached hydrogen (secondary N) is 1. The normalized spacial score (nSPS) is 21.7. The van der Waals surface area contributed by atoms with Gasteiger partial charge in [-0.05, 0) is 31.2 Å². The Bertz CT molecular complexity index is 552. The van der Waals surface area contributed by atoms with Gasteiger partial charge in [0.1, 0.15) is 12.2 Å². The first-order valence-corrected chi connectivity index (χ1v) is 7.35. The van der Waals surface area contributed by atoms with Gasteiger partial charge in [-0.1, -0.05) is 29.8 Å². The molecule has 1 saturated carbocycles. The fraction of sp³-hybridized carbons (Fsp3) is 0.500. The number of rotatable bonds is 5. The molecule has 0 spiro atoms. The maximum Gasteiger partial charge on any atom is 0.133 e. The Morgan fingerprint density at radius 1 is 1.25 bits per heavy atom. The highest BCUT2D eigenvalue weighted by Gasteiger charge is 2.29. The van der Waals surface area contributed by atoms with Gasteiger partial charge in [0.2, 0.25) is 0 Å². The molecule has 0 atom stereocenters. The molecule has 0 amide bonds. The van der Waals surface area contributed by atoms with E-state index in [9.17, 15) is 0 Å². The second-order valence-electron chi connectivity index (χ2n) is 5.84. The number of aromatic nitrogens is 3. The first kappa shape index (κ1) is 13.3. The Hall–Kier alpha value is -1.68. The monoisotopic (exact) mass is 270 g/mol. The van der Waals surface area contributed by atoms with Crippen LogP contribution in [0.25, 0.3) is 0 Å². The molecule has 1 aromatic heterocycles. The highest BCUT2D eigenvalue weighted by Crippen LogP contribution is 2.36.